The van der Waals surface area contributed by atoms with Gasteiger partial charge in [0.15, 0.2) is 0 Å². The molecular weight excluding hydrogens is 414 g/mol. The van der Waals surface area contributed by atoms with E-state index in [2.05, 4.69) is 5.32 Å². The molecule has 1 heterocycles. The highest BCUT2D eigenvalue weighted by atomic mass is 35.5. The highest BCUT2D eigenvalue weighted by Gasteiger charge is 2.26. The lowest BCUT2D eigenvalue weighted by atomic mass is 10.1. The smallest absolute Gasteiger partial charge is 0.244 e. The standard InChI is InChI=1S/C24H20ClN3O3/c1-31-22-12-11-17(25)13-20(22)27-23(29)15-28-21-10-6-5-9-18(21)26-19(14-24(28)30)16-7-3-2-4-8-16/h2-13H,14-15H2,1H3,(H,27,29). The van der Waals surface area contributed by atoms with Crippen molar-refractivity contribution in [3.05, 3.63) is 83.4 Å². The molecule has 0 bridgehead atoms. The molecule has 4 rings (SSSR count). The van der Waals surface area contributed by atoms with Gasteiger partial charge < -0.3 is 15.0 Å². The average Bonchev–Trinajstić information content (AvgIpc) is 2.91. The first-order chi connectivity index (χ1) is 15.0. The van der Waals surface area contributed by atoms with Gasteiger partial charge in [0.05, 0.1) is 36.3 Å². The van der Waals surface area contributed by atoms with Crippen LogP contribution < -0.4 is 15.0 Å². The highest BCUT2D eigenvalue weighted by molar-refractivity contribution is 6.31. The van der Waals surface area contributed by atoms with E-state index in [4.69, 9.17) is 21.3 Å². The lowest BCUT2D eigenvalue weighted by molar-refractivity contribution is -0.120. The van der Waals surface area contributed by atoms with Crippen molar-refractivity contribution in [1.82, 2.24) is 0 Å². The molecule has 0 aliphatic carbocycles. The molecular formula is C24H20ClN3O3. The Morgan fingerprint density at radius 2 is 1.84 bits per heavy atom. The van der Waals surface area contributed by atoms with Crippen LogP contribution in [0.5, 0.6) is 5.75 Å². The SMILES string of the molecule is COc1ccc(Cl)cc1NC(=O)CN1C(=O)CC(c2ccccc2)=Nc2ccccc21. The molecule has 0 radical (unpaired) electrons. The van der Waals surface area contributed by atoms with E-state index in [0.29, 0.717) is 33.5 Å². The first-order valence-electron chi connectivity index (χ1n) is 9.71. The fourth-order valence-electron chi connectivity index (χ4n) is 3.43. The number of aliphatic imine (C=N–C) groups is 1. The van der Waals surface area contributed by atoms with Gasteiger partial charge in [0, 0.05) is 5.02 Å². The van der Waals surface area contributed by atoms with E-state index >= 15 is 0 Å². The van der Waals surface area contributed by atoms with E-state index in [0.717, 1.165) is 5.56 Å². The number of amides is 2. The molecule has 1 aliphatic rings. The summed E-state index contributed by atoms with van der Waals surface area (Å²) in [6, 6.07) is 21.8. The van der Waals surface area contributed by atoms with Crippen LogP contribution in [0.3, 0.4) is 0 Å². The van der Waals surface area contributed by atoms with Crippen molar-refractivity contribution >= 4 is 46.2 Å². The van der Waals surface area contributed by atoms with Gasteiger partial charge >= 0.3 is 0 Å². The van der Waals surface area contributed by atoms with Gasteiger partial charge in [0.2, 0.25) is 11.8 Å². The van der Waals surface area contributed by atoms with Gasteiger partial charge in [-0.1, -0.05) is 54.1 Å². The summed E-state index contributed by atoms with van der Waals surface area (Å²) >= 11 is 6.05. The lowest BCUT2D eigenvalue weighted by Gasteiger charge is -2.22. The molecule has 156 valence electrons. The number of fused-ring (bicyclic) bond motifs is 1. The minimum absolute atomic E-state index is 0.0897. The van der Waals surface area contributed by atoms with Crippen LogP contribution in [0.25, 0.3) is 0 Å². The number of anilines is 2. The molecule has 0 atom stereocenters. The first kappa shape index (κ1) is 20.6. The zero-order valence-electron chi connectivity index (χ0n) is 16.8. The third-order valence-corrected chi connectivity index (χ3v) is 5.13. The number of rotatable bonds is 5. The van der Waals surface area contributed by atoms with Gasteiger partial charge in [-0.05, 0) is 35.9 Å². The summed E-state index contributed by atoms with van der Waals surface area (Å²) in [6.07, 6.45) is 0.0897. The summed E-state index contributed by atoms with van der Waals surface area (Å²) in [5.41, 5.74) is 3.21. The predicted octanol–water partition coefficient (Wildman–Crippen LogP) is 4.84. The van der Waals surface area contributed by atoms with E-state index in [1.54, 1.807) is 24.3 Å². The number of nitrogens with zero attached hydrogens (tertiary/aromatic N) is 2. The molecule has 0 saturated carbocycles. The quantitative estimate of drug-likeness (QED) is 0.625. The van der Waals surface area contributed by atoms with Crippen LogP contribution in [0.15, 0.2) is 77.8 Å². The number of halogens is 1. The highest BCUT2D eigenvalue weighted by Crippen LogP contribution is 2.33. The normalized spacial score (nSPS) is 13.2. The zero-order chi connectivity index (χ0) is 21.8. The monoisotopic (exact) mass is 433 g/mol. The van der Waals surface area contributed by atoms with Crippen LogP contribution in [0.2, 0.25) is 5.02 Å². The number of benzene rings is 3. The van der Waals surface area contributed by atoms with Crippen molar-refractivity contribution in [2.24, 2.45) is 4.99 Å². The molecule has 3 aromatic rings. The second kappa shape index (κ2) is 9.02. The Bertz CT molecular complexity index is 1160. The summed E-state index contributed by atoms with van der Waals surface area (Å²) in [6.45, 7) is -0.164. The van der Waals surface area contributed by atoms with Gasteiger partial charge in [0.1, 0.15) is 12.3 Å². The number of carbonyl (C=O) groups excluding carboxylic acids is 2. The third kappa shape index (κ3) is 4.59. The average molecular weight is 434 g/mol. The number of para-hydroxylation sites is 2. The zero-order valence-corrected chi connectivity index (χ0v) is 17.6. The molecule has 7 heteroatoms. The molecule has 31 heavy (non-hydrogen) atoms. The summed E-state index contributed by atoms with van der Waals surface area (Å²) in [5.74, 6) is -0.0947. The second-order valence-corrected chi connectivity index (χ2v) is 7.40. The summed E-state index contributed by atoms with van der Waals surface area (Å²) in [7, 11) is 1.51. The van der Waals surface area contributed by atoms with E-state index in [1.165, 1.54) is 12.0 Å². The number of hydrogen-bond donors (Lipinski definition) is 1. The summed E-state index contributed by atoms with van der Waals surface area (Å²) < 4.78 is 5.28. The first-order valence-corrected chi connectivity index (χ1v) is 10.1. The predicted molar refractivity (Wildman–Crippen MR) is 123 cm³/mol. The summed E-state index contributed by atoms with van der Waals surface area (Å²) in [4.78, 5) is 32.2. The van der Waals surface area contributed by atoms with Gasteiger partial charge in [0.25, 0.3) is 0 Å². The molecule has 2 amide bonds. The van der Waals surface area contributed by atoms with Crippen molar-refractivity contribution < 1.29 is 14.3 Å². The largest absolute Gasteiger partial charge is 0.495 e. The van der Waals surface area contributed by atoms with Gasteiger partial charge in [-0.2, -0.15) is 0 Å². The molecule has 6 nitrogen and oxygen atoms in total. The number of methoxy groups -OCH3 is 1. The Balaban J connectivity index is 1.61. The van der Waals surface area contributed by atoms with E-state index < -0.39 is 0 Å². The topological polar surface area (TPSA) is 71.0 Å². The van der Waals surface area contributed by atoms with Crippen LogP contribution in [0.4, 0.5) is 17.1 Å². The second-order valence-electron chi connectivity index (χ2n) is 6.96. The molecule has 0 spiro atoms. The van der Waals surface area contributed by atoms with Crippen LogP contribution in [-0.2, 0) is 9.59 Å². The van der Waals surface area contributed by atoms with Crippen LogP contribution >= 0.6 is 11.6 Å². The molecule has 0 fully saturated rings. The van der Waals surface area contributed by atoms with E-state index in [-0.39, 0.29) is 24.8 Å². The maximum absolute atomic E-state index is 13.1. The number of nitrogens with one attached hydrogen (secondary N) is 1. The Morgan fingerprint density at radius 3 is 2.61 bits per heavy atom. The minimum Gasteiger partial charge on any atom is -0.495 e. The van der Waals surface area contributed by atoms with E-state index in [1.807, 2.05) is 48.5 Å². The molecule has 1 aliphatic heterocycles. The molecule has 0 unspecified atom stereocenters. The number of hydrogen-bond acceptors (Lipinski definition) is 4. The minimum atomic E-state index is -0.369. The fourth-order valence-corrected chi connectivity index (χ4v) is 3.60. The fraction of sp³-hybridized carbons (Fsp3) is 0.125. The van der Waals surface area contributed by atoms with Crippen molar-refractivity contribution in [2.45, 2.75) is 6.42 Å². The number of carbonyl (C=O) groups is 2. The molecule has 0 aromatic heterocycles. The van der Waals surface area contributed by atoms with Crippen LogP contribution in [-0.4, -0.2) is 31.2 Å². The Hall–Kier alpha value is -3.64. The molecule has 3 aromatic carbocycles. The van der Waals surface area contributed by atoms with Crippen LogP contribution in [0, 0.1) is 0 Å². The van der Waals surface area contributed by atoms with Gasteiger partial charge in [-0.15, -0.1) is 0 Å². The maximum Gasteiger partial charge on any atom is 0.244 e. The molecule has 0 saturated heterocycles. The third-order valence-electron chi connectivity index (χ3n) is 4.89. The van der Waals surface area contributed by atoms with Gasteiger partial charge in [-0.3, -0.25) is 14.6 Å². The molecule has 1 N–H and O–H groups in total. The van der Waals surface area contributed by atoms with E-state index in [9.17, 15) is 9.59 Å². The summed E-state index contributed by atoms with van der Waals surface area (Å²) in [5, 5.41) is 3.25. The lowest BCUT2D eigenvalue weighted by Crippen LogP contribution is -2.38. The van der Waals surface area contributed by atoms with Crippen molar-refractivity contribution in [3.63, 3.8) is 0 Å². The van der Waals surface area contributed by atoms with Crippen molar-refractivity contribution in [1.29, 1.82) is 0 Å². The van der Waals surface area contributed by atoms with Crippen LogP contribution in [0.1, 0.15) is 12.0 Å². The Morgan fingerprint density at radius 1 is 1.10 bits per heavy atom. The van der Waals surface area contributed by atoms with Crippen molar-refractivity contribution in [3.8, 4) is 5.75 Å². The Labute approximate surface area is 185 Å². The van der Waals surface area contributed by atoms with Crippen molar-refractivity contribution in [2.75, 3.05) is 23.9 Å². The Kier molecular flexibility index (Phi) is 6.00. The van der Waals surface area contributed by atoms with Gasteiger partial charge in [-0.25, -0.2) is 0 Å². The number of ether oxygens (including phenoxy) is 1. The maximum atomic E-state index is 13.1.